The Kier molecular flexibility index (Phi) is 3.02. The molecule has 0 fully saturated rings. The molecule has 1 aromatic carbocycles. The molecule has 1 aliphatic heterocycles. The standard InChI is InChI=1S/C11H12FNO4S/c1-18(16,17)13-6-7(5-10(14)15)8-3-2-4-9(12)11(8)13/h2-4,7H,5-6H2,1H3,(H,14,15). The van der Waals surface area contributed by atoms with Gasteiger partial charge in [0.15, 0.2) is 0 Å². The molecule has 98 valence electrons. The second kappa shape index (κ2) is 4.24. The summed E-state index contributed by atoms with van der Waals surface area (Å²) in [5.74, 6) is -2.20. The number of nitrogens with zero attached hydrogens (tertiary/aromatic N) is 1. The lowest BCUT2D eigenvalue weighted by molar-refractivity contribution is -0.137. The molecule has 18 heavy (non-hydrogen) atoms. The molecule has 0 amide bonds. The van der Waals surface area contributed by atoms with E-state index in [9.17, 15) is 17.6 Å². The van der Waals surface area contributed by atoms with Crippen LogP contribution in [0, 0.1) is 5.82 Å². The minimum absolute atomic E-state index is 0.0220. The second-order valence-corrected chi connectivity index (χ2v) is 6.17. The van der Waals surface area contributed by atoms with Crippen LogP contribution >= 0.6 is 0 Å². The van der Waals surface area contributed by atoms with Gasteiger partial charge in [-0.2, -0.15) is 0 Å². The lowest BCUT2D eigenvalue weighted by Gasteiger charge is -2.17. The fourth-order valence-corrected chi connectivity index (χ4v) is 3.18. The van der Waals surface area contributed by atoms with Gasteiger partial charge in [0, 0.05) is 12.5 Å². The molecule has 0 radical (unpaired) electrons. The summed E-state index contributed by atoms with van der Waals surface area (Å²) in [5, 5.41) is 8.80. The first-order valence-corrected chi connectivity index (χ1v) is 7.13. The molecule has 1 aromatic rings. The summed E-state index contributed by atoms with van der Waals surface area (Å²) in [4.78, 5) is 10.7. The third-order valence-electron chi connectivity index (χ3n) is 2.91. The summed E-state index contributed by atoms with van der Waals surface area (Å²) < 4.78 is 37.8. The van der Waals surface area contributed by atoms with Gasteiger partial charge in [0.05, 0.1) is 18.4 Å². The first-order chi connectivity index (χ1) is 8.30. The molecule has 5 nitrogen and oxygen atoms in total. The predicted molar refractivity (Wildman–Crippen MR) is 63.6 cm³/mol. The largest absolute Gasteiger partial charge is 0.481 e. The maximum absolute atomic E-state index is 13.7. The lowest BCUT2D eigenvalue weighted by atomic mass is 9.98. The van der Waals surface area contributed by atoms with E-state index >= 15 is 0 Å². The highest BCUT2D eigenvalue weighted by Crippen LogP contribution is 2.40. The molecule has 1 heterocycles. The first-order valence-electron chi connectivity index (χ1n) is 5.28. The van der Waals surface area contributed by atoms with Crippen LogP contribution in [-0.2, 0) is 14.8 Å². The zero-order chi connectivity index (χ0) is 13.5. The lowest BCUT2D eigenvalue weighted by Crippen LogP contribution is -2.29. The Hall–Kier alpha value is -1.63. The highest BCUT2D eigenvalue weighted by molar-refractivity contribution is 7.92. The van der Waals surface area contributed by atoms with Crippen molar-refractivity contribution in [2.45, 2.75) is 12.3 Å². The summed E-state index contributed by atoms with van der Waals surface area (Å²) in [6.07, 6.45) is 0.759. The van der Waals surface area contributed by atoms with Crippen LogP contribution in [-0.4, -0.2) is 32.3 Å². The number of anilines is 1. The number of aliphatic carboxylic acids is 1. The van der Waals surface area contributed by atoms with Crippen molar-refractivity contribution < 1.29 is 22.7 Å². The van der Waals surface area contributed by atoms with Crippen LogP contribution < -0.4 is 4.31 Å². The summed E-state index contributed by atoms with van der Waals surface area (Å²) in [7, 11) is -3.61. The molecular weight excluding hydrogens is 261 g/mol. The third kappa shape index (κ3) is 2.17. The molecule has 0 aromatic heterocycles. The number of hydrogen-bond donors (Lipinski definition) is 1. The van der Waals surface area contributed by atoms with Gasteiger partial charge in [-0.15, -0.1) is 0 Å². The average Bonchev–Trinajstić information content (AvgIpc) is 2.57. The summed E-state index contributed by atoms with van der Waals surface area (Å²) in [5.41, 5.74) is 0.411. The molecular formula is C11H12FNO4S. The minimum Gasteiger partial charge on any atom is -0.481 e. The van der Waals surface area contributed by atoms with Crippen molar-refractivity contribution in [3.8, 4) is 0 Å². The molecule has 1 unspecified atom stereocenters. The zero-order valence-electron chi connectivity index (χ0n) is 9.63. The van der Waals surface area contributed by atoms with Crippen LogP contribution in [0.1, 0.15) is 17.9 Å². The number of sulfonamides is 1. The molecule has 0 saturated carbocycles. The Morgan fingerprint density at radius 1 is 1.56 bits per heavy atom. The van der Waals surface area contributed by atoms with Gasteiger partial charge >= 0.3 is 5.97 Å². The van der Waals surface area contributed by atoms with Crippen molar-refractivity contribution in [3.05, 3.63) is 29.6 Å². The normalized spacial score (nSPS) is 18.8. The van der Waals surface area contributed by atoms with E-state index in [4.69, 9.17) is 5.11 Å². The Balaban J connectivity index is 2.52. The first kappa shape index (κ1) is 12.8. The summed E-state index contributed by atoms with van der Waals surface area (Å²) >= 11 is 0. The number of hydrogen-bond acceptors (Lipinski definition) is 3. The molecule has 2 rings (SSSR count). The number of carboxylic acids is 1. The Labute approximate surface area is 104 Å². The van der Waals surface area contributed by atoms with E-state index in [1.807, 2.05) is 0 Å². The van der Waals surface area contributed by atoms with Crippen LogP contribution in [0.2, 0.25) is 0 Å². The van der Waals surface area contributed by atoms with Gasteiger partial charge in [0.1, 0.15) is 5.82 Å². The predicted octanol–water partition coefficient (Wildman–Crippen LogP) is 1.16. The minimum atomic E-state index is -3.61. The smallest absolute Gasteiger partial charge is 0.304 e. The maximum atomic E-state index is 13.7. The summed E-state index contributed by atoms with van der Waals surface area (Å²) in [6, 6.07) is 4.19. The molecule has 0 aliphatic carbocycles. The van der Waals surface area contributed by atoms with Crippen molar-refractivity contribution in [2.24, 2.45) is 0 Å². The maximum Gasteiger partial charge on any atom is 0.304 e. The molecule has 0 bridgehead atoms. The Morgan fingerprint density at radius 2 is 2.22 bits per heavy atom. The van der Waals surface area contributed by atoms with Crippen molar-refractivity contribution in [1.29, 1.82) is 0 Å². The van der Waals surface area contributed by atoms with Crippen LogP contribution in [0.4, 0.5) is 10.1 Å². The van der Waals surface area contributed by atoms with Gasteiger partial charge in [-0.3, -0.25) is 9.10 Å². The molecule has 1 N–H and O–H groups in total. The van der Waals surface area contributed by atoms with Crippen LogP contribution in [0.25, 0.3) is 0 Å². The van der Waals surface area contributed by atoms with Crippen molar-refractivity contribution in [3.63, 3.8) is 0 Å². The van der Waals surface area contributed by atoms with E-state index in [2.05, 4.69) is 0 Å². The highest BCUT2D eigenvalue weighted by Gasteiger charge is 2.36. The van der Waals surface area contributed by atoms with E-state index < -0.39 is 27.7 Å². The van der Waals surface area contributed by atoms with Crippen LogP contribution in [0.3, 0.4) is 0 Å². The SMILES string of the molecule is CS(=O)(=O)N1CC(CC(=O)O)c2cccc(F)c21. The van der Waals surface area contributed by atoms with E-state index in [1.54, 1.807) is 6.07 Å². The third-order valence-corrected chi connectivity index (χ3v) is 4.05. The number of para-hydroxylation sites is 1. The molecule has 0 saturated heterocycles. The van der Waals surface area contributed by atoms with E-state index in [0.717, 1.165) is 10.6 Å². The Morgan fingerprint density at radius 3 is 2.78 bits per heavy atom. The summed E-state index contributed by atoms with van der Waals surface area (Å²) in [6.45, 7) is -0.0264. The van der Waals surface area contributed by atoms with E-state index in [0.29, 0.717) is 5.56 Å². The number of halogens is 1. The van der Waals surface area contributed by atoms with Gasteiger partial charge in [0.25, 0.3) is 0 Å². The topological polar surface area (TPSA) is 74.7 Å². The number of carbonyl (C=O) groups is 1. The Bertz CT molecular complexity index is 599. The van der Waals surface area contributed by atoms with Gasteiger partial charge < -0.3 is 5.11 Å². The molecule has 1 aliphatic rings. The van der Waals surface area contributed by atoms with E-state index in [-0.39, 0.29) is 18.7 Å². The van der Waals surface area contributed by atoms with Crippen molar-refractivity contribution >= 4 is 21.7 Å². The van der Waals surface area contributed by atoms with Gasteiger partial charge in [-0.25, -0.2) is 12.8 Å². The highest BCUT2D eigenvalue weighted by atomic mass is 32.2. The number of benzene rings is 1. The van der Waals surface area contributed by atoms with E-state index in [1.165, 1.54) is 12.1 Å². The van der Waals surface area contributed by atoms with Gasteiger partial charge in [-0.05, 0) is 11.6 Å². The molecule has 7 heteroatoms. The number of rotatable bonds is 3. The fourth-order valence-electron chi connectivity index (χ4n) is 2.20. The van der Waals surface area contributed by atoms with Gasteiger partial charge in [-0.1, -0.05) is 12.1 Å². The van der Waals surface area contributed by atoms with Crippen LogP contribution in [0.15, 0.2) is 18.2 Å². The molecule has 0 spiro atoms. The monoisotopic (exact) mass is 273 g/mol. The quantitative estimate of drug-likeness (QED) is 0.897. The van der Waals surface area contributed by atoms with Crippen LogP contribution in [0.5, 0.6) is 0 Å². The number of carboxylic acid groups (broad SMARTS) is 1. The van der Waals surface area contributed by atoms with Crippen molar-refractivity contribution in [2.75, 3.05) is 17.1 Å². The van der Waals surface area contributed by atoms with Crippen molar-refractivity contribution in [1.82, 2.24) is 0 Å². The average molecular weight is 273 g/mol. The van der Waals surface area contributed by atoms with Gasteiger partial charge in [0.2, 0.25) is 10.0 Å². The fraction of sp³-hybridized carbons (Fsp3) is 0.364. The zero-order valence-corrected chi connectivity index (χ0v) is 10.4. The second-order valence-electron chi connectivity index (χ2n) is 4.27. The number of fused-ring (bicyclic) bond motifs is 1. The molecule has 1 atom stereocenters.